The van der Waals surface area contributed by atoms with E-state index >= 15 is 0 Å². The number of anilines is 1. The monoisotopic (exact) mass is 627 g/mol. The number of ether oxygens (including phenoxy) is 2. The highest BCUT2D eigenvalue weighted by Crippen LogP contribution is 2.38. The Balaban J connectivity index is 1.57. The summed E-state index contributed by atoms with van der Waals surface area (Å²) >= 11 is 5.44. The molecule has 0 aliphatic carbocycles. The van der Waals surface area contributed by atoms with Crippen LogP contribution < -0.4 is 15.0 Å². The molecule has 1 aromatic heterocycles. The van der Waals surface area contributed by atoms with Crippen molar-refractivity contribution in [2.45, 2.75) is 6.92 Å². The number of rotatable bonds is 8. The molecule has 1 saturated heterocycles. The summed E-state index contributed by atoms with van der Waals surface area (Å²) in [4.78, 5) is 41.1. The van der Waals surface area contributed by atoms with Crippen LogP contribution >= 0.6 is 12.2 Å². The molecule has 1 aliphatic rings. The molecule has 5 aromatic rings. The Morgan fingerprint density at radius 2 is 1.48 bits per heavy atom. The predicted molar refractivity (Wildman–Crippen MR) is 182 cm³/mol. The van der Waals surface area contributed by atoms with E-state index in [1.165, 1.54) is 12.0 Å². The Labute approximate surface area is 271 Å². The van der Waals surface area contributed by atoms with Crippen LogP contribution in [0.3, 0.4) is 0 Å². The molecular formula is C37H29N3O5S. The fourth-order valence-corrected chi connectivity index (χ4v) is 5.70. The van der Waals surface area contributed by atoms with Gasteiger partial charge in [0.2, 0.25) is 0 Å². The standard InChI is InChI=1S/C37H29N3O5S/c1-3-45-36(43)26-18-20-28(21-19-26)39-31(24-12-6-4-7-13-24)23-27(33(39)25-14-8-5-9-15-25)22-29-34(41)38-37(46)40(35(29)42)30-16-10-11-17-32(30)44-2/h4-23H,3H2,1-2H3,(H,38,41,46)/b29-22-. The third-order valence-corrected chi connectivity index (χ3v) is 7.80. The van der Waals surface area contributed by atoms with E-state index in [-0.39, 0.29) is 17.3 Å². The number of esters is 1. The van der Waals surface area contributed by atoms with Gasteiger partial charge in [-0.2, -0.15) is 0 Å². The zero-order valence-electron chi connectivity index (χ0n) is 25.1. The van der Waals surface area contributed by atoms with Crippen molar-refractivity contribution < 1.29 is 23.9 Å². The first-order valence-electron chi connectivity index (χ1n) is 14.6. The minimum atomic E-state index is -0.604. The van der Waals surface area contributed by atoms with Gasteiger partial charge in [0.15, 0.2) is 5.11 Å². The van der Waals surface area contributed by atoms with E-state index in [0.717, 1.165) is 28.2 Å². The number of nitrogens with one attached hydrogen (secondary N) is 1. The number of carbonyl (C=O) groups excluding carboxylic acids is 3. The lowest BCUT2D eigenvalue weighted by Crippen LogP contribution is -2.54. The number of methoxy groups -OCH3 is 1. The molecule has 1 aliphatic heterocycles. The second-order valence-electron chi connectivity index (χ2n) is 10.3. The van der Waals surface area contributed by atoms with Crippen molar-refractivity contribution in [2.75, 3.05) is 18.6 Å². The number of thiocarbonyl (C=S) groups is 1. The van der Waals surface area contributed by atoms with Crippen molar-refractivity contribution in [2.24, 2.45) is 0 Å². The summed E-state index contributed by atoms with van der Waals surface area (Å²) in [5.74, 6) is -1.15. The molecule has 0 unspecified atom stereocenters. The summed E-state index contributed by atoms with van der Waals surface area (Å²) < 4.78 is 12.7. The number of carbonyl (C=O) groups is 3. The summed E-state index contributed by atoms with van der Waals surface area (Å²) in [6, 6.07) is 35.6. The fraction of sp³-hybridized carbons (Fsp3) is 0.0811. The van der Waals surface area contributed by atoms with Crippen LogP contribution in [0.4, 0.5) is 5.69 Å². The van der Waals surface area contributed by atoms with Gasteiger partial charge < -0.3 is 14.0 Å². The average Bonchev–Trinajstić information content (AvgIpc) is 3.47. The fourth-order valence-electron chi connectivity index (χ4n) is 5.43. The molecule has 0 spiro atoms. The van der Waals surface area contributed by atoms with Gasteiger partial charge in [0.05, 0.1) is 36.4 Å². The van der Waals surface area contributed by atoms with E-state index in [4.69, 9.17) is 21.7 Å². The minimum Gasteiger partial charge on any atom is -0.495 e. The Hall–Kier alpha value is -5.80. The van der Waals surface area contributed by atoms with Gasteiger partial charge in [0.1, 0.15) is 11.3 Å². The van der Waals surface area contributed by atoms with E-state index in [9.17, 15) is 14.4 Å². The predicted octanol–water partition coefficient (Wildman–Crippen LogP) is 6.83. The van der Waals surface area contributed by atoms with Crippen molar-refractivity contribution in [3.63, 3.8) is 0 Å². The molecule has 4 aromatic carbocycles. The molecule has 2 amide bonds. The van der Waals surface area contributed by atoms with E-state index < -0.39 is 17.8 Å². The summed E-state index contributed by atoms with van der Waals surface area (Å²) in [5.41, 5.74) is 5.48. The number of benzene rings is 4. The van der Waals surface area contributed by atoms with Gasteiger partial charge in [-0.05, 0) is 78.8 Å². The van der Waals surface area contributed by atoms with Gasteiger partial charge in [0, 0.05) is 11.3 Å². The molecule has 46 heavy (non-hydrogen) atoms. The molecule has 0 atom stereocenters. The molecule has 9 heteroatoms. The van der Waals surface area contributed by atoms with Crippen LogP contribution in [0.2, 0.25) is 0 Å². The second-order valence-corrected chi connectivity index (χ2v) is 10.7. The lowest BCUT2D eigenvalue weighted by Gasteiger charge is -2.29. The molecule has 228 valence electrons. The summed E-state index contributed by atoms with van der Waals surface area (Å²) in [6.07, 6.45) is 1.60. The van der Waals surface area contributed by atoms with Gasteiger partial charge in [-0.25, -0.2) is 9.69 Å². The van der Waals surface area contributed by atoms with E-state index in [0.29, 0.717) is 22.6 Å². The Bertz CT molecular complexity index is 1980. The van der Waals surface area contributed by atoms with E-state index in [2.05, 4.69) is 9.88 Å². The summed E-state index contributed by atoms with van der Waals surface area (Å²) in [6.45, 7) is 2.04. The van der Waals surface area contributed by atoms with Crippen LogP contribution in [-0.4, -0.2) is 41.2 Å². The number of nitrogens with zero attached hydrogens (tertiary/aromatic N) is 2. The van der Waals surface area contributed by atoms with Crippen LogP contribution in [0, 0.1) is 0 Å². The SMILES string of the molecule is CCOC(=O)c1ccc(-n2c(-c3ccccc3)cc(/C=C3/C(=O)NC(=S)N(c4ccccc4OC)C3=O)c2-c2ccccc2)cc1. The summed E-state index contributed by atoms with van der Waals surface area (Å²) in [5, 5.41) is 2.64. The van der Waals surface area contributed by atoms with Crippen molar-refractivity contribution in [3.8, 4) is 34.0 Å². The smallest absolute Gasteiger partial charge is 0.338 e. The van der Waals surface area contributed by atoms with Gasteiger partial charge in [-0.1, -0.05) is 72.8 Å². The molecule has 1 N–H and O–H groups in total. The maximum Gasteiger partial charge on any atom is 0.338 e. The molecular weight excluding hydrogens is 598 g/mol. The maximum absolute atomic E-state index is 14.1. The molecule has 6 rings (SSSR count). The van der Waals surface area contributed by atoms with Crippen LogP contribution in [0.5, 0.6) is 5.75 Å². The Morgan fingerprint density at radius 3 is 2.13 bits per heavy atom. The first kappa shape index (κ1) is 30.2. The molecule has 0 radical (unpaired) electrons. The molecule has 8 nitrogen and oxygen atoms in total. The zero-order chi connectivity index (χ0) is 32.2. The average molecular weight is 628 g/mol. The number of hydrogen-bond donors (Lipinski definition) is 1. The number of hydrogen-bond acceptors (Lipinski definition) is 6. The Morgan fingerprint density at radius 1 is 0.848 bits per heavy atom. The van der Waals surface area contributed by atoms with Gasteiger partial charge in [-0.15, -0.1) is 0 Å². The molecule has 2 heterocycles. The highest BCUT2D eigenvalue weighted by Gasteiger charge is 2.36. The summed E-state index contributed by atoms with van der Waals surface area (Å²) in [7, 11) is 1.50. The number of para-hydroxylation sites is 2. The second kappa shape index (κ2) is 13.1. The van der Waals surface area contributed by atoms with Crippen molar-refractivity contribution in [1.82, 2.24) is 9.88 Å². The highest BCUT2D eigenvalue weighted by atomic mass is 32.1. The minimum absolute atomic E-state index is 0.0378. The normalized spacial score (nSPS) is 13.9. The lowest BCUT2D eigenvalue weighted by molar-refractivity contribution is -0.122. The Kier molecular flexibility index (Phi) is 8.58. The quantitative estimate of drug-likeness (QED) is 0.0879. The topological polar surface area (TPSA) is 89.9 Å². The van der Waals surface area contributed by atoms with Crippen LogP contribution in [0.25, 0.3) is 34.3 Å². The third-order valence-electron chi connectivity index (χ3n) is 7.51. The molecule has 0 saturated carbocycles. The third kappa shape index (κ3) is 5.71. The molecule has 0 bridgehead atoms. The van der Waals surface area contributed by atoms with Gasteiger partial charge in [0.25, 0.3) is 11.8 Å². The lowest BCUT2D eigenvalue weighted by atomic mass is 10.0. The van der Waals surface area contributed by atoms with E-state index in [1.54, 1.807) is 49.4 Å². The highest BCUT2D eigenvalue weighted by molar-refractivity contribution is 7.80. The van der Waals surface area contributed by atoms with E-state index in [1.807, 2.05) is 78.9 Å². The van der Waals surface area contributed by atoms with Gasteiger partial charge in [-0.3, -0.25) is 14.9 Å². The number of aromatic nitrogens is 1. The van der Waals surface area contributed by atoms with Crippen LogP contribution in [0.1, 0.15) is 22.8 Å². The zero-order valence-corrected chi connectivity index (χ0v) is 25.9. The van der Waals surface area contributed by atoms with Crippen LogP contribution in [-0.2, 0) is 14.3 Å². The first-order chi connectivity index (χ1) is 22.4. The first-order valence-corrected chi connectivity index (χ1v) is 15.0. The maximum atomic E-state index is 14.1. The van der Waals surface area contributed by atoms with Crippen molar-refractivity contribution in [1.29, 1.82) is 0 Å². The molecule has 1 fully saturated rings. The van der Waals surface area contributed by atoms with Crippen molar-refractivity contribution in [3.05, 3.63) is 132 Å². The number of amides is 2. The van der Waals surface area contributed by atoms with Crippen LogP contribution in [0.15, 0.2) is 121 Å². The largest absolute Gasteiger partial charge is 0.495 e. The van der Waals surface area contributed by atoms with Crippen molar-refractivity contribution >= 4 is 46.9 Å². The van der Waals surface area contributed by atoms with Gasteiger partial charge >= 0.3 is 5.97 Å².